The first-order valence-corrected chi connectivity index (χ1v) is 9.17. The van der Waals surface area contributed by atoms with Crippen LogP contribution in [0, 0.1) is 0 Å². The summed E-state index contributed by atoms with van der Waals surface area (Å²) in [6, 6.07) is 14.0. The van der Waals surface area contributed by atoms with Crippen LogP contribution >= 0.6 is 15.9 Å². The molecule has 0 aliphatic rings. The zero-order valence-electron chi connectivity index (χ0n) is 14.8. The van der Waals surface area contributed by atoms with Gasteiger partial charge in [0.25, 0.3) is 0 Å². The van der Waals surface area contributed by atoms with Gasteiger partial charge in [0.05, 0.1) is 29.4 Å². The van der Waals surface area contributed by atoms with E-state index in [1.54, 1.807) is 12.1 Å². The number of hydrogen-bond donors (Lipinski definition) is 0. The molecule has 0 aliphatic carbocycles. The Labute approximate surface area is 159 Å². The summed E-state index contributed by atoms with van der Waals surface area (Å²) in [5.74, 6) is 0.489. The van der Waals surface area contributed by atoms with Crippen molar-refractivity contribution < 1.29 is 9.53 Å². The number of imidazole rings is 1. The summed E-state index contributed by atoms with van der Waals surface area (Å²) >= 11 is 3.58. The molecular formula is C20H18BrN3O2. The lowest BCUT2D eigenvalue weighted by atomic mass is 10.2. The van der Waals surface area contributed by atoms with Crippen LogP contribution in [0.25, 0.3) is 33.5 Å². The van der Waals surface area contributed by atoms with E-state index >= 15 is 0 Å². The highest BCUT2D eigenvalue weighted by atomic mass is 79.9. The number of carbonyl (C=O) groups is 1. The third-order valence-corrected chi connectivity index (χ3v) is 5.30. The molecule has 0 amide bonds. The molecule has 132 valence electrons. The molecule has 0 bridgehead atoms. The molecule has 2 aromatic heterocycles. The third kappa shape index (κ3) is 2.44. The van der Waals surface area contributed by atoms with E-state index in [4.69, 9.17) is 9.72 Å². The van der Waals surface area contributed by atoms with Crippen LogP contribution in [0.3, 0.4) is 0 Å². The van der Waals surface area contributed by atoms with Crippen LogP contribution in [0.2, 0.25) is 0 Å². The summed E-state index contributed by atoms with van der Waals surface area (Å²) in [6.07, 6.45) is 0. The highest BCUT2D eigenvalue weighted by molar-refractivity contribution is 9.10. The second-order valence-corrected chi connectivity index (χ2v) is 7.00. The molecule has 4 aromatic rings. The van der Waals surface area contributed by atoms with E-state index in [2.05, 4.69) is 50.2 Å². The zero-order valence-corrected chi connectivity index (χ0v) is 16.4. The molecule has 0 fully saturated rings. The number of benzene rings is 2. The number of rotatable bonds is 3. The van der Waals surface area contributed by atoms with Crippen LogP contribution in [-0.4, -0.2) is 27.2 Å². The van der Waals surface area contributed by atoms with Gasteiger partial charge in [-0.2, -0.15) is 0 Å². The lowest BCUT2D eigenvalue weighted by molar-refractivity contribution is 0.0601. The normalized spacial score (nSPS) is 11.4. The number of methoxy groups -OCH3 is 1. The molecule has 0 saturated carbocycles. The summed E-state index contributed by atoms with van der Waals surface area (Å²) < 4.78 is 9.97. The Kier molecular flexibility index (Phi) is 4.07. The van der Waals surface area contributed by atoms with Crippen LogP contribution < -0.4 is 0 Å². The van der Waals surface area contributed by atoms with E-state index in [0.717, 1.165) is 33.6 Å². The van der Waals surface area contributed by atoms with E-state index in [9.17, 15) is 4.79 Å². The molecule has 0 atom stereocenters. The predicted molar refractivity (Wildman–Crippen MR) is 106 cm³/mol. The molecule has 0 saturated heterocycles. The maximum atomic E-state index is 11.9. The second-order valence-electron chi connectivity index (χ2n) is 6.14. The molecule has 6 heteroatoms. The third-order valence-electron chi connectivity index (χ3n) is 4.70. The van der Waals surface area contributed by atoms with Gasteiger partial charge < -0.3 is 13.9 Å². The number of esters is 1. The highest BCUT2D eigenvalue weighted by Crippen LogP contribution is 2.33. The van der Waals surface area contributed by atoms with Crippen LogP contribution in [0.1, 0.15) is 17.3 Å². The number of halogens is 1. The first kappa shape index (κ1) is 16.8. The first-order valence-electron chi connectivity index (χ1n) is 8.38. The lowest BCUT2D eigenvalue weighted by Gasteiger charge is -2.08. The number of hydrogen-bond acceptors (Lipinski definition) is 3. The minimum absolute atomic E-state index is 0.373. The topological polar surface area (TPSA) is 49.1 Å². The van der Waals surface area contributed by atoms with Gasteiger partial charge in [-0.3, -0.25) is 0 Å². The van der Waals surface area contributed by atoms with E-state index in [1.807, 2.05) is 19.2 Å². The molecule has 5 nitrogen and oxygen atoms in total. The van der Waals surface area contributed by atoms with Gasteiger partial charge in [-0.25, -0.2) is 9.78 Å². The van der Waals surface area contributed by atoms with E-state index in [0.29, 0.717) is 5.56 Å². The van der Waals surface area contributed by atoms with Gasteiger partial charge in [-0.1, -0.05) is 18.2 Å². The Hall–Kier alpha value is -2.60. The Morgan fingerprint density at radius 2 is 2.00 bits per heavy atom. The number of aryl methyl sites for hydroxylation is 2. The van der Waals surface area contributed by atoms with Crippen molar-refractivity contribution in [3.05, 3.63) is 52.5 Å². The van der Waals surface area contributed by atoms with Gasteiger partial charge in [0.2, 0.25) is 0 Å². The fourth-order valence-electron chi connectivity index (χ4n) is 3.50. The minimum atomic E-state index is -0.373. The van der Waals surface area contributed by atoms with Crippen molar-refractivity contribution in [2.24, 2.45) is 7.05 Å². The highest BCUT2D eigenvalue weighted by Gasteiger charge is 2.19. The summed E-state index contributed by atoms with van der Waals surface area (Å²) in [5.41, 5.74) is 4.42. The maximum absolute atomic E-state index is 11.9. The van der Waals surface area contributed by atoms with Crippen molar-refractivity contribution >= 4 is 43.8 Å². The van der Waals surface area contributed by atoms with Crippen molar-refractivity contribution in [2.45, 2.75) is 13.5 Å². The largest absolute Gasteiger partial charge is 0.465 e. The molecule has 26 heavy (non-hydrogen) atoms. The van der Waals surface area contributed by atoms with Crippen LogP contribution in [-0.2, 0) is 18.3 Å². The Morgan fingerprint density at radius 3 is 2.73 bits per heavy atom. The average molecular weight is 412 g/mol. The molecule has 2 heterocycles. The smallest absolute Gasteiger partial charge is 0.337 e. The lowest BCUT2D eigenvalue weighted by Crippen LogP contribution is -2.02. The quantitative estimate of drug-likeness (QED) is 0.456. The molecular weight excluding hydrogens is 394 g/mol. The Balaban J connectivity index is 2.00. The number of nitrogens with zero attached hydrogens (tertiary/aromatic N) is 3. The van der Waals surface area contributed by atoms with Crippen LogP contribution in [0.4, 0.5) is 0 Å². The summed E-state index contributed by atoms with van der Waals surface area (Å²) in [6.45, 7) is 2.98. The molecule has 0 radical (unpaired) electrons. The monoisotopic (exact) mass is 411 g/mol. The number of carbonyl (C=O) groups excluding carboxylic acids is 1. The van der Waals surface area contributed by atoms with E-state index < -0.39 is 0 Å². The van der Waals surface area contributed by atoms with Crippen LogP contribution in [0.5, 0.6) is 0 Å². The summed E-state index contributed by atoms with van der Waals surface area (Å²) in [5, 5.41) is 1.19. The predicted octanol–water partition coefficient (Wildman–Crippen LogP) is 4.76. The molecule has 0 unspecified atom stereocenters. The Morgan fingerprint density at radius 1 is 1.23 bits per heavy atom. The molecule has 0 spiro atoms. The van der Waals surface area contributed by atoms with Gasteiger partial charge >= 0.3 is 5.97 Å². The fourth-order valence-corrected chi connectivity index (χ4v) is 4.21. The minimum Gasteiger partial charge on any atom is -0.465 e. The fraction of sp³-hybridized carbons (Fsp3) is 0.200. The maximum Gasteiger partial charge on any atom is 0.337 e. The summed E-state index contributed by atoms with van der Waals surface area (Å²) in [7, 11) is 3.37. The molecule has 4 rings (SSSR count). The standard InChI is InChI=1S/C20H18BrN3O2/c1-4-24-16-8-6-5-7-12(16)11-17(24)19-22-15-10-13(20(25)26-3)9-14(21)18(15)23(19)2/h5-11H,4H2,1-3H3. The SMILES string of the molecule is CCn1c(-c2nc3cc(C(=O)OC)cc(Br)c3n2C)cc2ccccc21. The summed E-state index contributed by atoms with van der Waals surface area (Å²) in [4.78, 5) is 16.7. The first-order chi connectivity index (χ1) is 12.5. The van der Waals surface area contributed by atoms with E-state index in [-0.39, 0.29) is 5.97 Å². The van der Waals surface area contributed by atoms with Gasteiger partial charge in [0, 0.05) is 29.0 Å². The number of para-hydroxylation sites is 1. The van der Waals surface area contributed by atoms with Crippen molar-refractivity contribution in [1.82, 2.24) is 14.1 Å². The Bertz CT molecular complexity index is 1160. The molecule has 0 aliphatic heterocycles. The van der Waals surface area contributed by atoms with E-state index in [1.165, 1.54) is 18.0 Å². The second kappa shape index (κ2) is 6.29. The van der Waals surface area contributed by atoms with Crippen molar-refractivity contribution in [3.8, 4) is 11.5 Å². The molecule has 0 N–H and O–H groups in total. The average Bonchev–Trinajstić information content (AvgIpc) is 3.18. The van der Waals surface area contributed by atoms with Crippen molar-refractivity contribution in [2.75, 3.05) is 7.11 Å². The van der Waals surface area contributed by atoms with Crippen molar-refractivity contribution in [1.29, 1.82) is 0 Å². The van der Waals surface area contributed by atoms with Gasteiger partial charge in [0.1, 0.15) is 0 Å². The van der Waals surface area contributed by atoms with Gasteiger partial charge in [-0.15, -0.1) is 0 Å². The number of fused-ring (bicyclic) bond motifs is 2. The van der Waals surface area contributed by atoms with Crippen LogP contribution in [0.15, 0.2) is 46.9 Å². The number of ether oxygens (including phenoxy) is 1. The van der Waals surface area contributed by atoms with Gasteiger partial charge in [0.15, 0.2) is 5.82 Å². The number of aromatic nitrogens is 3. The molecule has 2 aromatic carbocycles. The zero-order chi connectivity index (χ0) is 18.4. The van der Waals surface area contributed by atoms with Gasteiger partial charge in [-0.05, 0) is 47.1 Å². The van der Waals surface area contributed by atoms with Crippen molar-refractivity contribution in [3.63, 3.8) is 0 Å².